The van der Waals surface area contributed by atoms with E-state index >= 15 is 0 Å². The minimum Gasteiger partial charge on any atom is -0.384 e. The molecule has 2 N–H and O–H groups in total. The molecule has 0 aliphatic heterocycles. The first-order chi connectivity index (χ1) is 7.45. The van der Waals surface area contributed by atoms with Crippen molar-refractivity contribution in [2.24, 2.45) is 0 Å². The molecule has 0 aromatic carbocycles. The maximum atomic E-state index is 11.8. The first-order valence-corrected chi connectivity index (χ1v) is 5.09. The van der Waals surface area contributed by atoms with Gasteiger partial charge in [0.2, 0.25) is 0 Å². The molecule has 0 amide bonds. The molecular formula is C10H15N3O3. The van der Waals surface area contributed by atoms with Gasteiger partial charge in [0, 0.05) is 13.1 Å². The van der Waals surface area contributed by atoms with E-state index in [2.05, 4.69) is 0 Å². The van der Waals surface area contributed by atoms with Crippen molar-refractivity contribution in [3.05, 3.63) is 26.4 Å². The molecule has 1 rings (SSSR count). The topological polar surface area (TPSA) is 87.1 Å². The smallest absolute Gasteiger partial charge is 0.332 e. The number of carbonyl (C=O) groups excluding carboxylic acids is 1. The lowest BCUT2D eigenvalue weighted by molar-refractivity contribution is 0.101. The molecule has 0 bridgehead atoms. The van der Waals surface area contributed by atoms with Crippen molar-refractivity contribution in [2.75, 3.05) is 5.73 Å². The Balaban J connectivity index is 3.85. The molecule has 0 saturated heterocycles. The van der Waals surface area contributed by atoms with Crippen molar-refractivity contribution in [1.29, 1.82) is 0 Å². The molecule has 6 nitrogen and oxygen atoms in total. The molecule has 0 unspecified atom stereocenters. The predicted molar refractivity (Wildman–Crippen MR) is 60.7 cm³/mol. The van der Waals surface area contributed by atoms with E-state index in [1.165, 1.54) is 11.5 Å². The normalized spacial score (nSPS) is 10.4. The van der Waals surface area contributed by atoms with Gasteiger partial charge < -0.3 is 5.73 Å². The predicted octanol–water partition coefficient (Wildman–Crippen LogP) is -0.165. The first-order valence-electron chi connectivity index (χ1n) is 5.09. The summed E-state index contributed by atoms with van der Waals surface area (Å²) in [6, 6.07) is 0. The van der Waals surface area contributed by atoms with Crippen LogP contribution >= 0.6 is 0 Å². The third-order valence-electron chi connectivity index (χ3n) is 2.45. The fourth-order valence-corrected chi connectivity index (χ4v) is 1.63. The summed E-state index contributed by atoms with van der Waals surface area (Å²) < 4.78 is 2.23. The van der Waals surface area contributed by atoms with Gasteiger partial charge in [-0.2, -0.15) is 0 Å². The lowest BCUT2D eigenvalue weighted by Crippen LogP contribution is -2.43. The van der Waals surface area contributed by atoms with Crippen LogP contribution in [0.2, 0.25) is 0 Å². The highest BCUT2D eigenvalue weighted by Crippen LogP contribution is 2.04. The third-order valence-corrected chi connectivity index (χ3v) is 2.45. The number of rotatable bonds is 3. The number of Topliss-reactive ketones (excluding diaryl/α,β-unsaturated/α-hetero) is 1. The number of hydrogen-bond donors (Lipinski definition) is 1. The van der Waals surface area contributed by atoms with E-state index in [1.54, 1.807) is 13.8 Å². The second kappa shape index (κ2) is 4.34. The van der Waals surface area contributed by atoms with E-state index in [-0.39, 0.29) is 17.9 Å². The lowest BCUT2D eigenvalue weighted by Gasteiger charge is -2.12. The maximum Gasteiger partial charge on any atom is 0.332 e. The van der Waals surface area contributed by atoms with Gasteiger partial charge in [0.05, 0.1) is 0 Å². The number of ketones is 1. The lowest BCUT2D eigenvalue weighted by atomic mass is 10.2. The van der Waals surface area contributed by atoms with E-state index < -0.39 is 17.0 Å². The number of hydrogen-bond acceptors (Lipinski definition) is 4. The Morgan fingerprint density at radius 1 is 1.19 bits per heavy atom. The van der Waals surface area contributed by atoms with Crippen LogP contribution in [0.15, 0.2) is 9.59 Å². The first kappa shape index (κ1) is 12.2. The Kier molecular flexibility index (Phi) is 3.31. The molecule has 0 aliphatic rings. The molecule has 0 atom stereocenters. The Hall–Kier alpha value is -1.85. The molecule has 6 heteroatoms. The minimum absolute atomic E-state index is 0.0466. The molecule has 88 valence electrons. The molecule has 0 radical (unpaired) electrons. The molecule has 0 fully saturated rings. The second-order valence-corrected chi connectivity index (χ2v) is 3.39. The molecular weight excluding hydrogens is 210 g/mol. The summed E-state index contributed by atoms with van der Waals surface area (Å²) in [4.78, 5) is 34.9. The van der Waals surface area contributed by atoms with Gasteiger partial charge in [0.25, 0.3) is 5.56 Å². The van der Waals surface area contributed by atoms with Crippen LogP contribution < -0.4 is 17.0 Å². The van der Waals surface area contributed by atoms with Crippen molar-refractivity contribution in [2.45, 2.75) is 33.9 Å². The zero-order valence-electron chi connectivity index (χ0n) is 9.61. The SMILES string of the molecule is CCn1c(N)c(C(C)=O)c(=O)n(CC)c1=O. The summed E-state index contributed by atoms with van der Waals surface area (Å²) in [5, 5.41) is 0. The van der Waals surface area contributed by atoms with Crippen molar-refractivity contribution in [3.8, 4) is 0 Å². The van der Waals surface area contributed by atoms with Gasteiger partial charge in [-0.05, 0) is 20.8 Å². The Morgan fingerprint density at radius 2 is 1.69 bits per heavy atom. The molecule has 1 aromatic rings. The van der Waals surface area contributed by atoms with E-state index in [0.717, 1.165) is 4.57 Å². The highest BCUT2D eigenvalue weighted by atomic mass is 16.2. The van der Waals surface area contributed by atoms with Crippen LogP contribution in [-0.4, -0.2) is 14.9 Å². The van der Waals surface area contributed by atoms with Crippen LogP contribution in [0.25, 0.3) is 0 Å². The molecule has 0 saturated carbocycles. The maximum absolute atomic E-state index is 11.8. The van der Waals surface area contributed by atoms with Crippen molar-refractivity contribution >= 4 is 11.6 Å². The number of nitrogens with zero attached hydrogens (tertiary/aromatic N) is 2. The molecule has 16 heavy (non-hydrogen) atoms. The van der Waals surface area contributed by atoms with E-state index in [9.17, 15) is 14.4 Å². The van der Waals surface area contributed by atoms with Crippen LogP contribution in [0, 0.1) is 0 Å². The van der Waals surface area contributed by atoms with Crippen LogP contribution in [0.3, 0.4) is 0 Å². The van der Waals surface area contributed by atoms with Crippen molar-refractivity contribution in [1.82, 2.24) is 9.13 Å². The fraction of sp³-hybridized carbons (Fsp3) is 0.500. The average Bonchev–Trinajstić information content (AvgIpc) is 2.18. The quantitative estimate of drug-likeness (QED) is 0.724. The summed E-state index contributed by atoms with van der Waals surface area (Å²) in [5.74, 6) is -0.471. The Bertz CT molecular complexity index is 539. The largest absolute Gasteiger partial charge is 0.384 e. The van der Waals surface area contributed by atoms with Gasteiger partial charge in [-0.1, -0.05) is 0 Å². The Labute approximate surface area is 92.3 Å². The van der Waals surface area contributed by atoms with Crippen LogP contribution in [0.4, 0.5) is 5.82 Å². The minimum atomic E-state index is -0.609. The van der Waals surface area contributed by atoms with Gasteiger partial charge in [-0.25, -0.2) is 4.79 Å². The monoisotopic (exact) mass is 225 g/mol. The van der Waals surface area contributed by atoms with Crippen LogP contribution in [-0.2, 0) is 13.1 Å². The van der Waals surface area contributed by atoms with Gasteiger partial charge in [-0.15, -0.1) is 0 Å². The summed E-state index contributed by atoms with van der Waals surface area (Å²) in [7, 11) is 0. The van der Waals surface area contributed by atoms with E-state index in [1.807, 2.05) is 0 Å². The summed E-state index contributed by atoms with van der Waals surface area (Å²) in [5.41, 5.74) is 4.46. The Morgan fingerprint density at radius 3 is 2.06 bits per heavy atom. The summed E-state index contributed by atoms with van der Waals surface area (Å²) >= 11 is 0. The average molecular weight is 225 g/mol. The molecule has 0 aliphatic carbocycles. The summed E-state index contributed by atoms with van der Waals surface area (Å²) in [6.07, 6.45) is 0. The molecule has 1 heterocycles. The summed E-state index contributed by atoms with van der Waals surface area (Å²) in [6.45, 7) is 5.20. The second-order valence-electron chi connectivity index (χ2n) is 3.39. The van der Waals surface area contributed by atoms with Crippen LogP contribution in [0.1, 0.15) is 31.1 Å². The zero-order valence-corrected chi connectivity index (χ0v) is 9.61. The van der Waals surface area contributed by atoms with Gasteiger partial charge >= 0.3 is 5.69 Å². The number of aromatic nitrogens is 2. The molecule has 1 aromatic heterocycles. The highest BCUT2D eigenvalue weighted by Gasteiger charge is 2.18. The van der Waals surface area contributed by atoms with Gasteiger partial charge in [-0.3, -0.25) is 18.7 Å². The number of nitrogens with two attached hydrogens (primary N) is 1. The van der Waals surface area contributed by atoms with Crippen molar-refractivity contribution in [3.63, 3.8) is 0 Å². The third kappa shape index (κ3) is 1.66. The number of carbonyl (C=O) groups is 1. The van der Waals surface area contributed by atoms with Crippen LogP contribution in [0.5, 0.6) is 0 Å². The standard InChI is InChI=1S/C10H15N3O3/c1-4-12-8(11)7(6(3)14)9(15)13(5-2)10(12)16/h4-5,11H2,1-3H3. The highest BCUT2D eigenvalue weighted by molar-refractivity contribution is 5.97. The number of anilines is 1. The van der Waals surface area contributed by atoms with E-state index in [0.29, 0.717) is 6.54 Å². The van der Waals surface area contributed by atoms with E-state index in [4.69, 9.17) is 5.73 Å². The zero-order chi connectivity index (χ0) is 12.5. The van der Waals surface area contributed by atoms with Crippen molar-refractivity contribution < 1.29 is 4.79 Å². The number of nitrogen functional groups attached to an aromatic ring is 1. The molecule has 0 spiro atoms. The fourth-order valence-electron chi connectivity index (χ4n) is 1.63. The van der Waals surface area contributed by atoms with Gasteiger partial charge in [0.1, 0.15) is 11.4 Å². The van der Waals surface area contributed by atoms with Gasteiger partial charge in [0.15, 0.2) is 5.78 Å².